The van der Waals surface area contributed by atoms with E-state index in [2.05, 4.69) is 4.74 Å². The van der Waals surface area contributed by atoms with Crippen molar-refractivity contribution in [1.82, 2.24) is 4.90 Å². The number of rotatable bonds is 7. The third kappa shape index (κ3) is 5.32. The van der Waals surface area contributed by atoms with Gasteiger partial charge in [0.1, 0.15) is 5.75 Å². The topological polar surface area (TPSA) is 87.2 Å². The Morgan fingerprint density at radius 3 is 2.37 bits per heavy atom. The van der Waals surface area contributed by atoms with Crippen LogP contribution in [0.25, 0.3) is 0 Å². The molecule has 38 heavy (non-hydrogen) atoms. The number of alkyl halides is 3. The van der Waals surface area contributed by atoms with Crippen LogP contribution < -0.4 is 9.64 Å². The van der Waals surface area contributed by atoms with Gasteiger partial charge in [-0.2, -0.15) is 0 Å². The summed E-state index contributed by atoms with van der Waals surface area (Å²) in [7, 11) is 0. The second-order valence-electron chi connectivity index (χ2n) is 9.98. The lowest BCUT2D eigenvalue weighted by molar-refractivity contribution is -0.274. The van der Waals surface area contributed by atoms with Gasteiger partial charge in [0.25, 0.3) is 5.91 Å². The van der Waals surface area contributed by atoms with Gasteiger partial charge in [0, 0.05) is 35.0 Å². The van der Waals surface area contributed by atoms with Crippen LogP contribution in [0.3, 0.4) is 0 Å². The van der Waals surface area contributed by atoms with Crippen molar-refractivity contribution in [3.63, 3.8) is 0 Å². The number of nitrogens with zero attached hydrogens (tertiary/aromatic N) is 2. The van der Waals surface area contributed by atoms with Crippen molar-refractivity contribution < 1.29 is 37.4 Å². The van der Waals surface area contributed by atoms with Crippen molar-refractivity contribution in [3.8, 4) is 5.75 Å². The third-order valence-corrected chi connectivity index (χ3v) is 7.71. The second-order valence-corrected chi connectivity index (χ2v) is 10.4. The first kappa shape index (κ1) is 26.3. The van der Waals surface area contributed by atoms with Gasteiger partial charge in [0.2, 0.25) is 5.91 Å². The van der Waals surface area contributed by atoms with Gasteiger partial charge in [-0.25, -0.2) is 0 Å². The monoisotopic (exact) mass is 550 g/mol. The smallest absolute Gasteiger partial charge is 0.481 e. The molecule has 11 heteroatoms. The van der Waals surface area contributed by atoms with Crippen LogP contribution >= 0.6 is 11.6 Å². The molecular weight excluding hydrogens is 525 g/mol. The molecule has 2 amide bonds. The molecule has 2 saturated carbocycles. The maximum absolute atomic E-state index is 13.8. The number of carboxylic acid groups (broad SMARTS) is 1. The van der Waals surface area contributed by atoms with Gasteiger partial charge in [0.05, 0.1) is 18.2 Å². The lowest BCUT2D eigenvalue weighted by atomic mass is 9.81. The molecule has 7 nitrogen and oxygen atoms in total. The van der Waals surface area contributed by atoms with Gasteiger partial charge in [-0.05, 0) is 67.6 Å². The van der Waals surface area contributed by atoms with Crippen LogP contribution in [0.5, 0.6) is 5.75 Å². The Balaban J connectivity index is 1.52. The molecule has 0 saturated heterocycles. The average molecular weight is 551 g/mol. The first-order valence-electron chi connectivity index (χ1n) is 12.6. The number of carbonyl (C=O) groups is 3. The van der Waals surface area contributed by atoms with Crippen LogP contribution in [-0.2, 0) is 9.59 Å². The number of fused-ring (bicyclic) bond motifs is 2. The summed E-state index contributed by atoms with van der Waals surface area (Å²) in [5.74, 6) is -2.12. The summed E-state index contributed by atoms with van der Waals surface area (Å²) in [4.78, 5) is 41.8. The van der Waals surface area contributed by atoms with Gasteiger partial charge in [-0.3, -0.25) is 14.4 Å². The maximum Gasteiger partial charge on any atom is 0.573 e. The van der Waals surface area contributed by atoms with Gasteiger partial charge in [-0.15, -0.1) is 13.2 Å². The second kappa shape index (κ2) is 10.1. The number of carboxylic acids is 1. The molecule has 3 aliphatic rings. The molecule has 2 fully saturated rings. The lowest BCUT2D eigenvalue weighted by Crippen LogP contribution is -2.53. The number of hydrogen-bond donors (Lipinski definition) is 1. The maximum atomic E-state index is 13.8. The number of aliphatic carboxylic acids is 1. The number of carbonyl (C=O) groups excluding carboxylic acids is 2. The quantitative estimate of drug-likeness (QED) is 0.459. The van der Waals surface area contributed by atoms with Crippen molar-refractivity contribution >= 4 is 35.1 Å². The highest BCUT2D eigenvalue weighted by Gasteiger charge is 2.51. The summed E-state index contributed by atoms with van der Waals surface area (Å²) in [5, 5.41) is 9.53. The van der Waals surface area contributed by atoms with Crippen LogP contribution in [-0.4, -0.2) is 46.2 Å². The Labute approximate surface area is 222 Å². The van der Waals surface area contributed by atoms with Gasteiger partial charge in [-0.1, -0.05) is 24.1 Å². The highest BCUT2D eigenvalue weighted by atomic mass is 35.5. The summed E-state index contributed by atoms with van der Waals surface area (Å²) in [6, 6.07) is 9.47. The zero-order chi connectivity index (χ0) is 27.2. The van der Waals surface area contributed by atoms with E-state index in [9.17, 15) is 27.6 Å². The Morgan fingerprint density at radius 2 is 1.74 bits per heavy atom. The van der Waals surface area contributed by atoms with Gasteiger partial charge < -0.3 is 19.6 Å². The predicted octanol–water partition coefficient (Wildman–Crippen LogP) is 5.96. The summed E-state index contributed by atoms with van der Waals surface area (Å²) in [5.41, 5.74) is 1.52. The fourth-order valence-corrected chi connectivity index (χ4v) is 6.05. The normalized spacial score (nSPS) is 22.4. The van der Waals surface area contributed by atoms with E-state index in [1.807, 2.05) is 11.0 Å². The van der Waals surface area contributed by atoms with E-state index in [0.29, 0.717) is 17.1 Å². The molecule has 1 aliphatic heterocycles. The average Bonchev–Trinajstić information content (AvgIpc) is 3.57. The molecule has 0 spiro atoms. The minimum absolute atomic E-state index is 0.0227. The van der Waals surface area contributed by atoms with E-state index in [-0.39, 0.29) is 54.3 Å². The first-order valence-corrected chi connectivity index (χ1v) is 12.9. The number of ether oxygens (including phenoxy) is 1. The van der Waals surface area contributed by atoms with Crippen LogP contribution in [0.4, 0.5) is 18.9 Å². The zero-order valence-electron chi connectivity index (χ0n) is 20.3. The Morgan fingerprint density at radius 1 is 1.03 bits per heavy atom. The summed E-state index contributed by atoms with van der Waals surface area (Å²) in [6.45, 7) is 0. The molecule has 3 atom stereocenters. The standard InChI is InChI=1S/C27H26ClF3N2O5/c28-16-6-11-20-22(14-16)33(26(37)15-4-9-18(10-5-15)38-27(29,30)31)21-3-1-2-19(21)25(20)32(17-7-8-17)23(34)12-13-24(35)36/h4-6,9-11,14,17,19,21,25H,1-3,7-8,12-13H2,(H,35,36). The number of benzene rings is 2. The van der Waals surface area contributed by atoms with Crippen molar-refractivity contribution in [3.05, 3.63) is 58.6 Å². The molecule has 3 unspecified atom stereocenters. The molecule has 1 N–H and O–H groups in total. The number of hydrogen-bond acceptors (Lipinski definition) is 4. The molecule has 2 aliphatic carbocycles. The molecule has 2 aromatic carbocycles. The van der Waals surface area contributed by atoms with Crippen LogP contribution in [0.2, 0.25) is 5.02 Å². The van der Waals surface area contributed by atoms with E-state index in [0.717, 1.165) is 43.4 Å². The minimum Gasteiger partial charge on any atom is -0.481 e. The van der Waals surface area contributed by atoms with E-state index in [4.69, 9.17) is 16.7 Å². The third-order valence-electron chi connectivity index (χ3n) is 7.47. The summed E-state index contributed by atoms with van der Waals surface area (Å²) >= 11 is 6.36. The van der Waals surface area contributed by atoms with Crippen LogP contribution in [0, 0.1) is 5.92 Å². The first-order chi connectivity index (χ1) is 18.0. The molecule has 0 bridgehead atoms. The highest BCUT2D eigenvalue weighted by molar-refractivity contribution is 6.31. The molecule has 5 rings (SSSR count). The SMILES string of the molecule is O=C(O)CCC(=O)N(C1CC1)C1c2ccc(Cl)cc2N(C(=O)c2ccc(OC(F)(F)F)cc2)C2CCCC21. The van der Waals surface area contributed by atoms with E-state index < -0.39 is 18.1 Å². The molecule has 2 aromatic rings. The van der Waals surface area contributed by atoms with Crippen molar-refractivity contribution in [2.24, 2.45) is 5.92 Å². The van der Waals surface area contributed by atoms with Crippen LogP contribution in [0.15, 0.2) is 42.5 Å². The molecular formula is C27H26ClF3N2O5. The van der Waals surface area contributed by atoms with Crippen molar-refractivity contribution in [1.29, 1.82) is 0 Å². The summed E-state index contributed by atoms with van der Waals surface area (Å²) < 4.78 is 41.7. The number of halogens is 4. The highest BCUT2D eigenvalue weighted by Crippen LogP contribution is 2.53. The minimum atomic E-state index is -4.84. The largest absolute Gasteiger partial charge is 0.573 e. The van der Waals surface area contributed by atoms with E-state index in [1.54, 1.807) is 17.0 Å². The molecule has 0 radical (unpaired) electrons. The molecule has 202 valence electrons. The fourth-order valence-electron chi connectivity index (χ4n) is 5.88. The number of amides is 2. The summed E-state index contributed by atoms with van der Waals surface area (Å²) in [6.07, 6.45) is -1.22. The van der Waals surface area contributed by atoms with E-state index >= 15 is 0 Å². The van der Waals surface area contributed by atoms with E-state index in [1.165, 1.54) is 12.1 Å². The Bertz CT molecular complexity index is 1250. The van der Waals surface area contributed by atoms with Crippen LogP contribution in [0.1, 0.15) is 66.9 Å². The van der Waals surface area contributed by atoms with Crippen molar-refractivity contribution in [2.75, 3.05) is 4.90 Å². The Kier molecular flexibility index (Phi) is 7.02. The zero-order valence-corrected chi connectivity index (χ0v) is 21.0. The lowest BCUT2D eigenvalue weighted by Gasteiger charge is -2.48. The number of anilines is 1. The van der Waals surface area contributed by atoms with Crippen molar-refractivity contribution in [2.45, 2.75) is 69.4 Å². The molecule has 1 heterocycles. The van der Waals surface area contributed by atoms with Gasteiger partial charge in [0.15, 0.2) is 0 Å². The molecule has 0 aromatic heterocycles. The Hall–Kier alpha value is -3.27. The predicted molar refractivity (Wildman–Crippen MR) is 132 cm³/mol. The van der Waals surface area contributed by atoms with Gasteiger partial charge >= 0.3 is 12.3 Å². The fraction of sp³-hybridized carbons (Fsp3) is 0.444.